The number of hydrogen-bond donors (Lipinski definition) is 0. The molecular formula is C22H14F2N4O2. The van der Waals surface area contributed by atoms with Crippen molar-refractivity contribution < 1.29 is 13.2 Å². The predicted octanol–water partition coefficient (Wildman–Crippen LogP) is 4.43. The van der Waals surface area contributed by atoms with Gasteiger partial charge in [0.1, 0.15) is 34.6 Å². The smallest absolute Gasteiger partial charge is 0.203 e. The molecule has 3 aromatic heterocycles. The quantitative estimate of drug-likeness (QED) is 0.445. The van der Waals surface area contributed by atoms with E-state index in [2.05, 4.69) is 15.1 Å². The van der Waals surface area contributed by atoms with Crippen LogP contribution in [0.15, 0.2) is 64.3 Å². The third kappa shape index (κ3) is 2.68. The summed E-state index contributed by atoms with van der Waals surface area (Å²) in [5.74, 6) is -0.918. The van der Waals surface area contributed by atoms with Gasteiger partial charge in [0.2, 0.25) is 5.43 Å². The zero-order valence-electron chi connectivity index (χ0n) is 15.8. The van der Waals surface area contributed by atoms with Crippen molar-refractivity contribution in [1.82, 2.24) is 19.7 Å². The molecule has 0 aliphatic heterocycles. The molecule has 0 spiro atoms. The molecule has 0 N–H and O–H groups in total. The van der Waals surface area contributed by atoms with E-state index in [1.165, 1.54) is 47.5 Å². The Hall–Kier alpha value is -3.94. The summed E-state index contributed by atoms with van der Waals surface area (Å²) in [7, 11) is 0. The van der Waals surface area contributed by atoms with Crippen molar-refractivity contribution in [1.29, 1.82) is 0 Å². The molecule has 0 unspecified atom stereocenters. The second kappa shape index (κ2) is 6.84. The Morgan fingerprint density at radius 2 is 2.00 bits per heavy atom. The maximum atomic E-state index is 15.6. The highest BCUT2D eigenvalue weighted by atomic mass is 19.1. The normalized spacial score (nSPS) is 11.4. The molecule has 2 aromatic carbocycles. The third-order valence-electron chi connectivity index (χ3n) is 4.94. The first-order valence-electron chi connectivity index (χ1n) is 9.26. The molecule has 0 atom stereocenters. The first kappa shape index (κ1) is 18.1. The Bertz CT molecular complexity index is 1490. The lowest BCUT2D eigenvalue weighted by Crippen LogP contribution is -2.12. The second-order valence-electron chi connectivity index (χ2n) is 6.72. The minimum absolute atomic E-state index is 0.0536. The Morgan fingerprint density at radius 1 is 1.13 bits per heavy atom. The summed E-state index contributed by atoms with van der Waals surface area (Å²) in [4.78, 5) is 21.4. The lowest BCUT2D eigenvalue weighted by molar-refractivity contribution is 0.541. The second-order valence-corrected chi connectivity index (χ2v) is 6.72. The molecule has 0 bridgehead atoms. The molecule has 0 fully saturated rings. The van der Waals surface area contributed by atoms with Gasteiger partial charge in [-0.25, -0.2) is 23.4 Å². The van der Waals surface area contributed by atoms with Gasteiger partial charge < -0.3 is 4.42 Å². The third-order valence-corrected chi connectivity index (χ3v) is 4.94. The Kier molecular flexibility index (Phi) is 4.13. The monoisotopic (exact) mass is 404 g/mol. The molecule has 3 heterocycles. The molecule has 0 aliphatic rings. The highest BCUT2D eigenvalue weighted by Crippen LogP contribution is 2.29. The van der Waals surface area contributed by atoms with Crippen LogP contribution in [0.4, 0.5) is 8.78 Å². The van der Waals surface area contributed by atoms with Gasteiger partial charge >= 0.3 is 0 Å². The summed E-state index contributed by atoms with van der Waals surface area (Å²) in [5, 5.41) is 4.59. The van der Waals surface area contributed by atoms with Gasteiger partial charge in [0.15, 0.2) is 11.5 Å². The Balaban J connectivity index is 1.83. The maximum Gasteiger partial charge on any atom is 0.203 e. The summed E-state index contributed by atoms with van der Waals surface area (Å²) in [6.45, 7) is 1.81. The fourth-order valence-electron chi connectivity index (χ4n) is 3.58. The van der Waals surface area contributed by atoms with E-state index in [4.69, 9.17) is 4.42 Å². The maximum absolute atomic E-state index is 15.6. The van der Waals surface area contributed by atoms with Crippen molar-refractivity contribution in [3.8, 4) is 16.8 Å². The molecule has 0 saturated carbocycles. The van der Waals surface area contributed by atoms with Crippen LogP contribution in [0.25, 0.3) is 38.8 Å². The van der Waals surface area contributed by atoms with Crippen LogP contribution in [0.2, 0.25) is 0 Å². The van der Waals surface area contributed by atoms with E-state index in [1.54, 1.807) is 12.3 Å². The molecule has 5 aromatic rings. The van der Waals surface area contributed by atoms with E-state index in [0.29, 0.717) is 28.8 Å². The first-order chi connectivity index (χ1) is 14.6. The van der Waals surface area contributed by atoms with Gasteiger partial charge in [-0.3, -0.25) is 4.79 Å². The number of aromatic nitrogens is 4. The van der Waals surface area contributed by atoms with E-state index >= 15 is 4.39 Å². The summed E-state index contributed by atoms with van der Waals surface area (Å²) in [6, 6.07) is 8.61. The molecular weight excluding hydrogens is 390 g/mol. The van der Waals surface area contributed by atoms with E-state index in [-0.39, 0.29) is 22.2 Å². The van der Waals surface area contributed by atoms with Crippen LogP contribution >= 0.6 is 0 Å². The topological polar surface area (TPSA) is 73.8 Å². The lowest BCUT2D eigenvalue weighted by atomic mass is 10.0. The van der Waals surface area contributed by atoms with Crippen LogP contribution in [-0.4, -0.2) is 19.7 Å². The molecule has 8 heteroatoms. The fraction of sp³-hybridized carbons (Fsp3) is 0.0909. The average molecular weight is 404 g/mol. The molecule has 0 aliphatic carbocycles. The van der Waals surface area contributed by atoms with E-state index in [9.17, 15) is 9.18 Å². The number of aryl methyl sites for hydroxylation is 1. The van der Waals surface area contributed by atoms with E-state index < -0.39 is 17.1 Å². The SMILES string of the molecule is CCc1oc2ccc(-n3ncc4cncnc43)c(F)c2c(=O)c1-c1cccc(F)c1. The Labute approximate surface area is 168 Å². The molecule has 0 amide bonds. The zero-order chi connectivity index (χ0) is 20.8. The predicted molar refractivity (Wildman–Crippen MR) is 107 cm³/mol. The van der Waals surface area contributed by atoms with Crippen molar-refractivity contribution in [2.24, 2.45) is 0 Å². The number of benzene rings is 2. The highest BCUT2D eigenvalue weighted by Gasteiger charge is 2.21. The van der Waals surface area contributed by atoms with Gasteiger partial charge in [-0.2, -0.15) is 5.10 Å². The molecule has 5 rings (SSSR count). The minimum Gasteiger partial charge on any atom is -0.460 e. The fourth-order valence-corrected chi connectivity index (χ4v) is 3.58. The van der Waals surface area contributed by atoms with Crippen LogP contribution in [0.3, 0.4) is 0 Å². The van der Waals surface area contributed by atoms with Crippen LogP contribution in [0.5, 0.6) is 0 Å². The van der Waals surface area contributed by atoms with Crippen molar-refractivity contribution >= 4 is 22.0 Å². The van der Waals surface area contributed by atoms with Crippen LogP contribution < -0.4 is 5.43 Å². The molecule has 148 valence electrons. The number of halogens is 2. The first-order valence-corrected chi connectivity index (χ1v) is 9.26. The summed E-state index contributed by atoms with van der Waals surface area (Å²) < 4.78 is 36.5. The minimum atomic E-state index is -0.787. The summed E-state index contributed by atoms with van der Waals surface area (Å²) >= 11 is 0. The molecule has 6 nitrogen and oxygen atoms in total. The van der Waals surface area contributed by atoms with Crippen LogP contribution in [0, 0.1) is 11.6 Å². The van der Waals surface area contributed by atoms with Crippen LogP contribution in [0.1, 0.15) is 12.7 Å². The summed E-state index contributed by atoms with van der Waals surface area (Å²) in [6.07, 6.45) is 4.80. The van der Waals surface area contributed by atoms with Gasteiger partial charge in [-0.15, -0.1) is 0 Å². The van der Waals surface area contributed by atoms with Crippen molar-refractivity contribution in [2.75, 3.05) is 0 Å². The van der Waals surface area contributed by atoms with Gasteiger partial charge in [0.05, 0.1) is 17.1 Å². The van der Waals surface area contributed by atoms with E-state index in [1.807, 2.05) is 6.92 Å². The summed E-state index contributed by atoms with van der Waals surface area (Å²) in [5.41, 5.74) is 0.493. The van der Waals surface area contributed by atoms with Gasteiger partial charge in [0.25, 0.3) is 0 Å². The molecule has 30 heavy (non-hydrogen) atoms. The Morgan fingerprint density at radius 3 is 2.80 bits per heavy atom. The van der Waals surface area contributed by atoms with Gasteiger partial charge in [-0.05, 0) is 29.8 Å². The largest absolute Gasteiger partial charge is 0.460 e. The highest BCUT2D eigenvalue weighted by molar-refractivity contribution is 5.86. The van der Waals surface area contributed by atoms with Crippen molar-refractivity contribution in [3.63, 3.8) is 0 Å². The number of nitrogens with zero attached hydrogens (tertiary/aromatic N) is 4. The molecule has 0 saturated heterocycles. The van der Waals surface area contributed by atoms with Gasteiger partial charge in [0, 0.05) is 12.6 Å². The average Bonchev–Trinajstić information content (AvgIpc) is 3.17. The van der Waals surface area contributed by atoms with E-state index in [0.717, 1.165) is 0 Å². The number of fused-ring (bicyclic) bond motifs is 2. The number of rotatable bonds is 3. The van der Waals surface area contributed by atoms with Crippen molar-refractivity contribution in [2.45, 2.75) is 13.3 Å². The molecule has 0 radical (unpaired) electrons. The van der Waals surface area contributed by atoms with Gasteiger partial charge in [-0.1, -0.05) is 19.1 Å². The lowest BCUT2D eigenvalue weighted by Gasteiger charge is -2.11. The van der Waals surface area contributed by atoms with Crippen LogP contribution in [-0.2, 0) is 6.42 Å². The zero-order valence-corrected chi connectivity index (χ0v) is 15.8. The number of hydrogen-bond acceptors (Lipinski definition) is 5. The standard InChI is InChI=1S/C22H14F2N4O2/c1-2-16-18(12-4-3-5-14(23)8-12)21(29)19-17(30-16)7-6-15(20(19)24)28-22-13(10-27-28)9-25-11-26-22/h3-11H,2H2,1H3. The van der Waals surface area contributed by atoms with Crippen molar-refractivity contribution in [3.05, 3.63) is 82.7 Å².